The number of aromatic amines is 1. The van der Waals surface area contributed by atoms with E-state index in [-0.39, 0.29) is 5.91 Å². The van der Waals surface area contributed by atoms with Gasteiger partial charge >= 0.3 is 0 Å². The summed E-state index contributed by atoms with van der Waals surface area (Å²) in [5.74, 6) is -0.197. The second-order valence-electron chi connectivity index (χ2n) is 4.93. The van der Waals surface area contributed by atoms with Crippen LogP contribution in [0.3, 0.4) is 0 Å². The number of carbonyl (C=O) groups excluding carboxylic acids is 1. The summed E-state index contributed by atoms with van der Waals surface area (Å²) < 4.78 is 0.845. The number of carbonyl (C=O) groups is 1. The zero-order valence-electron chi connectivity index (χ0n) is 11.4. The summed E-state index contributed by atoms with van der Waals surface area (Å²) in [5, 5.41) is 3.81. The minimum atomic E-state index is -0.197. The smallest absolute Gasteiger partial charge is 0.272 e. The standard InChI is InChI=1S/C16H14BrN3O/c1-9-5-6-11(17)13(7-9)20-16(21)14-8-10-3-2-4-12(18)15(10)19-14/h2-8,19H,18H2,1H3,(H,20,21). The third-order valence-electron chi connectivity index (χ3n) is 3.30. The summed E-state index contributed by atoms with van der Waals surface area (Å²) >= 11 is 3.43. The van der Waals surface area contributed by atoms with Gasteiger partial charge in [0.05, 0.1) is 16.9 Å². The first kappa shape index (κ1) is 13.7. The van der Waals surface area contributed by atoms with Crippen LogP contribution in [-0.2, 0) is 0 Å². The summed E-state index contributed by atoms with van der Waals surface area (Å²) in [6.07, 6.45) is 0. The SMILES string of the molecule is Cc1ccc(Br)c(NC(=O)c2cc3cccc(N)c3[nH]2)c1. The molecule has 1 aromatic heterocycles. The van der Waals surface area contributed by atoms with Crippen LogP contribution in [-0.4, -0.2) is 10.9 Å². The second-order valence-corrected chi connectivity index (χ2v) is 5.79. The lowest BCUT2D eigenvalue weighted by atomic mass is 10.2. The molecule has 0 saturated carbocycles. The Morgan fingerprint density at radius 3 is 2.81 bits per heavy atom. The van der Waals surface area contributed by atoms with E-state index in [4.69, 9.17) is 5.73 Å². The Kier molecular flexibility index (Phi) is 3.43. The molecule has 0 aliphatic carbocycles. The number of aromatic nitrogens is 1. The number of rotatable bonds is 2. The Morgan fingerprint density at radius 1 is 1.24 bits per heavy atom. The minimum absolute atomic E-state index is 0.197. The van der Waals surface area contributed by atoms with Crippen molar-refractivity contribution in [2.24, 2.45) is 0 Å². The Morgan fingerprint density at radius 2 is 2.05 bits per heavy atom. The number of amides is 1. The first-order valence-corrected chi connectivity index (χ1v) is 7.28. The molecule has 4 N–H and O–H groups in total. The number of nitrogens with one attached hydrogen (secondary N) is 2. The van der Waals surface area contributed by atoms with Crippen LogP contribution in [0.4, 0.5) is 11.4 Å². The van der Waals surface area contributed by atoms with Crippen molar-refractivity contribution in [2.45, 2.75) is 6.92 Å². The number of nitrogens with two attached hydrogens (primary N) is 1. The number of aryl methyl sites for hydroxylation is 1. The van der Waals surface area contributed by atoms with Crippen LogP contribution in [0, 0.1) is 6.92 Å². The van der Waals surface area contributed by atoms with E-state index in [1.165, 1.54) is 0 Å². The lowest BCUT2D eigenvalue weighted by Crippen LogP contribution is -2.12. The number of H-pyrrole nitrogens is 1. The summed E-state index contributed by atoms with van der Waals surface area (Å²) in [7, 11) is 0. The lowest BCUT2D eigenvalue weighted by Gasteiger charge is -2.07. The molecule has 4 nitrogen and oxygen atoms in total. The van der Waals surface area contributed by atoms with Gasteiger partial charge in [0, 0.05) is 9.86 Å². The molecule has 0 atom stereocenters. The molecule has 0 spiro atoms. The summed E-state index contributed by atoms with van der Waals surface area (Å²) in [5.41, 5.74) is 9.61. The Bertz CT molecular complexity index is 839. The molecule has 3 aromatic rings. The highest BCUT2D eigenvalue weighted by molar-refractivity contribution is 9.10. The van der Waals surface area contributed by atoms with Gasteiger partial charge in [-0.25, -0.2) is 0 Å². The molecule has 0 saturated heterocycles. The largest absolute Gasteiger partial charge is 0.397 e. The molecule has 0 aliphatic rings. The third-order valence-corrected chi connectivity index (χ3v) is 3.99. The van der Waals surface area contributed by atoms with E-state index in [9.17, 15) is 4.79 Å². The maximum absolute atomic E-state index is 12.4. The summed E-state index contributed by atoms with van der Waals surface area (Å²) in [6.45, 7) is 1.98. The second kappa shape index (κ2) is 5.26. The maximum atomic E-state index is 12.4. The van der Waals surface area contributed by atoms with Crippen LogP contribution in [0.25, 0.3) is 10.9 Å². The molecule has 0 unspecified atom stereocenters. The normalized spacial score (nSPS) is 10.8. The molecule has 21 heavy (non-hydrogen) atoms. The third kappa shape index (κ3) is 2.64. The summed E-state index contributed by atoms with van der Waals surface area (Å²) in [4.78, 5) is 15.4. The van der Waals surface area contributed by atoms with Crippen LogP contribution in [0.2, 0.25) is 0 Å². The van der Waals surface area contributed by atoms with Gasteiger partial charge in [0.15, 0.2) is 0 Å². The van der Waals surface area contributed by atoms with Gasteiger partial charge in [-0.15, -0.1) is 0 Å². The van der Waals surface area contributed by atoms with Crippen molar-refractivity contribution >= 4 is 44.1 Å². The fourth-order valence-electron chi connectivity index (χ4n) is 2.23. The van der Waals surface area contributed by atoms with Crippen molar-refractivity contribution in [2.75, 3.05) is 11.1 Å². The molecule has 0 bridgehead atoms. The molecule has 0 fully saturated rings. The molecule has 1 amide bonds. The molecule has 3 rings (SSSR count). The van der Waals surface area contributed by atoms with Gasteiger partial charge in [0.25, 0.3) is 5.91 Å². The van der Waals surface area contributed by atoms with Gasteiger partial charge in [-0.05, 0) is 52.7 Å². The Balaban J connectivity index is 1.93. The maximum Gasteiger partial charge on any atom is 0.272 e. The van der Waals surface area contributed by atoms with Gasteiger partial charge in [-0.2, -0.15) is 0 Å². The predicted molar refractivity (Wildman–Crippen MR) is 89.5 cm³/mol. The van der Waals surface area contributed by atoms with Crippen LogP contribution in [0.15, 0.2) is 46.9 Å². The van der Waals surface area contributed by atoms with Gasteiger partial charge in [0.1, 0.15) is 5.69 Å². The van der Waals surface area contributed by atoms with E-state index in [2.05, 4.69) is 26.2 Å². The van der Waals surface area contributed by atoms with E-state index in [1.807, 2.05) is 37.3 Å². The molecule has 106 valence electrons. The number of hydrogen-bond acceptors (Lipinski definition) is 2. The molecule has 5 heteroatoms. The number of nitrogen functional groups attached to an aromatic ring is 1. The molecule has 0 aliphatic heterocycles. The summed E-state index contributed by atoms with van der Waals surface area (Å²) in [6, 6.07) is 13.2. The Hall–Kier alpha value is -2.27. The quantitative estimate of drug-likeness (QED) is 0.613. The molecular weight excluding hydrogens is 330 g/mol. The molecule has 0 radical (unpaired) electrons. The topological polar surface area (TPSA) is 70.9 Å². The van der Waals surface area contributed by atoms with Crippen molar-refractivity contribution in [1.29, 1.82) is 0 Å². The van der Waals surface area contributed by atoms with Gasteiger partial charge in [-0.1, -0.05) is 18.2 Å². The monoisotopic (exact) mass is 343 g/mol. The number of hydrogen-bond donors (Lipinski definition) is 3. The molecular formula is C16H14BrN3O. The minimum Gasteiger partial charge on any atom is -0.397 e. The first-order chi connectivity index (χ1) is 10.0. The fraction of sp³-hybridized carbons (Fsp3) is 0.0625. The van der Waals surface area contributed by atoms with Crippen molar-refractivity contribution in [1.82, 2.24) is 4.98 Å². The highest BCUT2D eigenvalue weighted by atomic mass is 79.9. The average molecular weight is 344 g/mol. The lowest BCUT2D eigenvalue weighted by molar-refractivity contribution is 0.102. The van der Waals surface area contributed by atoms with Crippen molar-refractivity contribution in [3.63, 3.8) is 0 Å². The van der Waals surface area contributed by atoms with Crippen LogP contribution in [0.5, 0.6) is 0 Å². The molecule has 1 heterocycles. The van der Waals surface area contributed by atoms with Crippen LogP contribution in [0.1, 0.15) is 16.1 Å². The Labute approximate surface area is 130 Å². The number of para-hydroxylation sites is 1. The number of fused-ring (bicyclic) bond motifs is 1. The van der Waals surface area contributed by atoms with E-state index >= 15 is 0 Å². The number of anilines is 2. The molecule has 2 aromatic carbocycles. The van der Waals surface area contributed by atoms with Crippen molar-refractivity contribution < 1.29 is 4.79 Å². The number of halogens is 1. The van der Waals surface area contributed by atoms with E-state index < -0.39 is 0 Å². The van der Waals surface area contributed by atoms with Crippen LogP contribution < -0.4 is 11.1 Å². The zero-order valence-corrected chi connectivity index (χ0v) is 13.0. The number of benzene rings is 2. The van der Waals surface area contributed by atoms with Crippen molar-refractivity contribution in [3.05, 3.63) is 58.2 Å². The van der Waals surface area contributed by atoms with E-state index in [1.54, 1.807) is 12.1 Å². The first-order valence-electron chi connectivity index (χ1n) is 6.49. The van der Waals surface area contributed by atoms with Gasteiger partial charge in [0.2, 0.25) is 0 Å². The van der Waals surface area contributed by atoms with E-state index in [0.717, 1.165) is 26.6 Å². The fourth-order valence-corrected chi connectivity index (χ4v) is 2.57. The average Bonchev–Trinajstić information content (AvgIpc) is 2.88. The zero-order chi connectivity index (χ0) is 15.0. The van der Waals surface area contributed by atoms with E-state index in [0.29, 0.717) is 11.4 Å². The van der Waals surface area contributed by atoms with Crippen molar-refractivity contribution in [3.8, 4) is 0 Å². The van der Waals surface area contributed by atoms with Crippen LogP contribution >= 0.6 is 15.9 Å². The highest BCUT2D eigenvalue weighted by Crippen LogP contribution is 2.25. The highest BCUT2D eigenvalue weighted by Gasteiger charge is 2.12. The predicted octanol–water partition coefficient (Wildman–Crippen LogP) is 4.07. The van der Waals surface area contributed by atoms with Gasteiger partial charge in [-0.3, -0.25) is 4.79 Å². The van der Waals surface area contributed by atoms with Gasteiger partial charge < -0.3 is 16.0 Å².